The summed E-state index contributed by atoms with van der Waals surface area (Å²) in [7, 11) is 0. The van der Waals surface area contributed by atoms with Gasteiger partial charge in [-0.25, -0.2) is 11.8 Å². The highest BCUT2D eigenvalue weighted by atomic mass is 16.8. The van der Waals surface area contributed by atoms with Crippen molar-refractivity contribution in [2.75, 3.05) is 0 Å². The number of nitrogens with two attached hydrogens (primary N) is 3. The van der Waals surface area contributed by atoms with Crippen LogP contribution in [-0.2, 0) is 19.3 Å². The molecule has 0 bridgehead atoms. The second-order valence-corrected chi connectivity index (χ2v) is 3.36. The minimum Gasteiger partial charge on any atom is -0.373 e. The normalized spacial score (nSPS) is 21.9. The average molecular weight is 205 g/mol. The minimum absolute atomic E-state index is 0.224. The van der Waals surface area contributed by atoms with Gasteiger partial charge in [-0.2, -0.15) is 5.90 Å². The molecule has 1 aliphatic rings. The van der Waals surface area contributed by atoms with Crippen LogP contribution >= 0.6 is 0 Å². The van der Waals surface area contributed by atoms with E-state index in [4.69, 9.17) is 17.7 Å². The first kappa shape index (κ1) is 11.3. The van der Waals surface area contributed by atoms with Gasteiger partial charge in [0.1, 0.15) is 0 Å². The van der Waals surface area contributed by atoms with Crippen LogP contribution in [0.1, 0.15) is 25.7 Å². The second-order valence-electron chi connectivity index (χ2n) is 3.36. The number of hydrogen-bond acceptors (Lipinski definition) is 7. The predicted molar refractivity (Wildman–Crippen MR) is 45.5 cm³/mol. The molecule has 0 radical (unpaired) electrons. The molecule has 1 aliphatic carbocycles. The third-order valence-corrected chi connectivity index (χ3v) is 2.63. The van der Waals surface area contributed by atoms with Crippen LogP contribution in [-0.4, -0.2) is 11.8 Å². The molecule has 7 heteroatoms. The van der Waals surface area contributed by atoms with Crippen LogP contribution < -0.4 is 17.7 Å². The minimum atomic E-state index is -0.967. The fraction of sp³-hybridized carbons (Fsp3) is 0.857. The summed E-state index contributed by atoms with van der Waals surface area (Å²) in [6.45, 7) is 0. The van der Waals surface area contributed by atoms with E-state index in [1.54, 1.807) is 0 Å². The van der Waals surface area contributed by atoms with Crippen molar-refractivity contribution in [2.24, 2.45) is 23.6 Å². The van der Waals surface area contributed by atoms with Gasteiger partial charge in [-0.15, -0.1) is 0 Å². The highest BCUT2D eigenvalue weighted by Gasteiger charge is 2.39. The average Bonchev–Trinajstić information content (AvgIpc) is 2.28. The van der Waals surface area contributed by atoms with Crippen LogP contribution in [0.3, 0.4) is 0 Å². The van der Waals surface area contributed by atoms with E-state index in [0.717, 1.165) is 0 Å². The van der Waals surface area contributed by atoms with E-state index >= 15 is 0 Å². The number of carbonyl (C=O) groups excluding carboxylic acids is 1. The SMILES string of the molecule is NOC(=O)C1CCC(ON)(ON)CC1. The monoisotopic (exact) mass is 205 g/mol. The third-order valence-electron chi connectivity index (χ3n) is 2.63. The highest BCUT2D eigenvalue weighted by Crippen LogP contribution is 2.34. The molecule has 0 unspecified atom stereocenters. The second kappa shape index (κ2) is 4.67. The molecule has 0 aromatic rings. The Kier molecular flexibility index (Phi) is 3.78. The predicted octanol–water partition coefficient (Wildman–Crippen LogP) is -0.930. The topological polar surface area (TPSA) is 123 Å². The maximum Gasteiger partial charge on any atom is 0.327 e. The Balaban J connectivity index is 2.48. The van der Waals surface area contributed by atoms with E-state index in [0.29, 0.717) is 25.7 Å². The van der Waals surface area contributed by atoms with Crippen LogP contribution in [0, 0.1) is 5.92 Å². The fourth-order valence-electron chi connectivity index (χ4n) is 1.65. The smallest absolute Gasteiger partial charge is 0.327 e. The largest absolute Gasteiger partial charge is 0.373 e. The van der Waals surface area contributed by atoms with Crippen molar-refractivity contribution in [3.8, 4) is 0 Å². The summed E-state index contributed by atoms with van der Waals surface area (Å²) in [6.07, 6.45) is 1.95. The van der Waals surface area contributed by atoms with Crippen molar-refractivity contribution in [3.63, 3.8) is 0 Å². The lowest BCUT2D eigenvalue weighted by atomic mass is 9.85. The van der Waals surface area contributed by atoms with Crippen LogP contribution in [0.2, 0.25) is 0 Å². The van der Waals surface area contributed by atoms with Gasteiger partial charge in [0, 0.05) is 12.8 Å². The van der Waals surface area contributed by atoms with Crippen LogP contribution in [0.5, 0.6) is 0 Å². The summed E-state index contributed by atoms with van der Waals surface area (Å²) in [5.74, 6) is 13.3. The Morgan fingerprint density at radius 3 is 2.00 bits per heavy atom. The van der Waals surface area contributed by atoms with Crippen molar-refractivity contribution in [3.05, 3.63) is 0 Å². The van der Waals surface area contributed by atoms with E-state index in [9.17, 15) is 4.79 Å². The first-order chi connectivity index (χ1) is 6.67. The lowest BCUT2D eigenvalue weighted by Crippen LogP contribution is -2.45. The number of hydrogen-bond donors (Lipinski definition) is 3. The molecule has 1 saturated carbocycles. The molecule has 7 nitrogen and oxygen atoms in total. The zero-order valence-corrected chi connectivity index (χ0v) is 7.77. The molecule has 0 heterocycles. The zero-order chi connectivity index (χ0) is 10.6. The standard InChI is InChI=1S/C7H15N3O4/c8-12-6(11)5-1-3-7(13-9,14-10)4-2-5/h5H,1-4,8-10H2. The fourth-order valence-corrected chi connectivity index (χ4v) is 1.65. The molecular weight excluding hydrogens is 190 g/mol. The third kappa shape index (κ3) is 2.20. The molecule has 0 atom stereocenters. The summed E-state index contributed by atoms with van der Waals surface area (Å²) >= 11 is 0. The molecule has 0 aromatic heterocycles. The Morgan fingerprint density at radius 2 is 1.64 bits per heavy atom. The van der Waals surface area contributed by atoms with Gasteiger partial charge in [0.2, 0.25) is 5.79 Å². The first-order valence-electron chi connectivity index (χ1n) is 4.34. The molecular formula is C7H15N3O4. The van der Waals surface area contributed by atoms with Gasteiger partial charge in [-0.1, -0.05) is 0 Å². The van der Waals surface area contributed by atoms with Crippen molar-refractivity contribution < 1.29 is 19.3 Å². The van der Waals surface area contributed by atoms with Crippen molar-refractivity contribution in [1.29, 1.82) is 0 Å². The zero-order valence-electron chi connectivity index (χ0n) is 7.77. The van der Waals surface area contributed by atoms with Gasteiger partial charge in [0.05, 0.1) is 5.92 Å². The van der Waals surface area contributed by atoms with E-state index in [1.807, 2.05) is 0 Å². The van der Waals surface area contributed by atoms with Gasteiger partial charge in [-0.05, 0) is 12.8 Å². The maximum atomic E-state index is 11.1. The van der Waals surface area contributed by atoms with Gasteiger partial charge < -0.3 is 4.84 Å². The summed E-state index contributed by atoms with van der Waals surface area (Å²) in [5, 5.41) is 0. The lowest BCUT2D eigenvalue weighted by Gasteiger charge is -2.34. The maximum absolute atomic E-state index is 11.1. The van der Waals surface area contributed by atoms with E-state index < -0.39 is 11.8 Å². The van der Waals surface area contributed by atoms with Crippen molar-refractivity contribution >= 4 is 5.97 Å². The molecule has 0 saturated heterocycles. The summed E-state index contributed by atoms with van der Waals surface area (Å²) in [4.78, 5) is 24.5. The Morgan fingerprint density at radius 1 is 1.14 bits per heavy atom. The van der Waals surface area contributed by atoms with E-state index in [-0.39, 0.29) is 5.92 Å². The molecule has 0 spiro atoms. The molecule has 82 valence electrons. The first-order valence-corrected chi connectivity index (χ1v) is 4.34. The van der Waals surface area contributed by atoms with Gasteiger partial charge in [0.25, 0.3) is 0 Å². The number of carbonyl (C=O) groups is 1. The molecule has 0 aromatic carbocycles. The Labute approximate surface area is 81.3 Å². The molecule has 14 heavy (non-hydrogen) atoms. The van der Waals surface area contributed by atoms with E-state index in [2.05, 4.69) is 14.5 Å². The van der Waals surface area contributed by atoms with E-state index in [1.165, 1.54) is 0 Å². The Bertz CT molecular complexity index is 197. The molecule has 0 aliphatic heterocycles. The van der Waals surface area contributed by atoms with Crippen LogP contribution in [0.25, 0.3) is 0 Å². The highest BCUT2D eigenvalue weighted by molar-refractivity contribution is 5.72. The quantitative estimate of drug-likeness (QED) is 0.401. The molecule has 6 N–H and O–H groups in total. The summed E-state index contributed by atoms with van der Waals surface area (Å²) in [6, 6.07) is 0. The van der Waals surface area contributed by atoms with Gasteiger partial charge in [-0.3, -0.25) is 14.5 Å². The van der Waals surface area contributed by atoms with Crippen LogP contribution in [0.4, 0.5) is 0 Å². The van der Waals surface area contributed by atoms with Crippen molar-refractivity contribution in [1.82, 2.24) is 0 Å². The van der Waals surface area contributed by atoms with Gasteiger partial charge in [0.15, 0.2) is 0 Å². The summed E-state index contributed by atoms with van der Waals surface area (Å²) in [5.41, 5.74) is 0. The van der Waals surface area contributed by atoms with Gasteiger partial charge >= 0.3 is 5.97 Å². The number of rotatable bonds is 3. The summed E-state index contributed by atoms with van der Waals surface area (Å²) < 4.78 is 0. The molecule has 1 fully saturated rings. The molecule has 1 rings (SSSR count). The Hall–Kier alpha value is -0.730. The lowest BCUT2D eigenvalue weighted by molar-refractivity contribution is -0.262. The van der Waals surface area contributed by atoms with Crippen molar-refractivity contribution in [2.45, 2.75) is 31.5 Å². The van der Waals surface area contributed by atoms with Crippen LogP contribution in [0.15, 0.2) is 0 Å². The molecule has 0 amide bonds.